The Morgan fingerprint density at radius 3 is 2.47 bits per heavy atom. The van der Waals surface area contributed by atoms with Gasteiger partial charge >= 0.3 is 7.82 Å². The van der Waals surface area contributed by atoms with Gasteiger partial charge in [0.1, 0.15) is 12.2 Å². The van der Waals surface area contributed by atoms with Gasteiger partial charge in [0.25, 0.3) is 0 Å². The zero-order valence-corrected chi connectivity index (χ0v) is 8.74. The van der Waals surface area contributed by atoms with E-state index in [2.05, 4.69) is 9.26 Å². The van der Waals surface area contributed by atoms with E-state index in [1.54, 1.807) is 0 Å². The van der Waals surface area contributed by atoms with Gasteiger partial charge < -0.3 is 29.8 Å². The molecule has 2 unspecified atom stereocenters. The minimum atomic E-state index is -4.83. The summed E-state index contributed by atoms with van der Waals surface area (Å²) in [4.78, 5) is 17.0. The fraction of sp³-hybridized carbons (Fsp3) is 1.00. The molecule has 4 atom stereocenters. The van der Waals surface area contributed by atoms with Crippen LogP contribution in [0.5, 0.6) is 0 Å². The first-order valence-electron chi connectivity index (χ1n) is 4.12. The highest BCUT2D eigenvalue weighted by Gasteiger charge is 2.46. The summed E-state index contributed by atoms with van der Waals surface area (Å²) >= 11 is 0. The van der Waals surface area contributed by atoms with E-state index in [0.717, 1.165) is 6.92 Å². The first-order chi connectivity index (χ1) is 6.62. The van der Waals surface area contributed by atoms with Crippen LogP contribution in [0.4, 0.5) is 0 Å². The predicted octanol–water partition coefficient (Wildman–Crippen LogP) is -1.73. The molecule has 0 spiro atoms. The maximum absolute atomic E-state index is 10.5. The Kier molecular flexibility index (Phi) is 3.54. The molecule has 8 nitrogen and oxygen atoms in total. The number of phosphoric ester groups is 1. The van der Waals surface area contributed by atoms with E-state index in [4.69, 9.17) is 9.79 Å². The van der Waals surface area contributed by atoms with Crippen LogP contribution in [0.2, 0.25) is 0 Å². The minimum Gasteiger partial charge on any atom is -0.388 e. The van der Waals surface area contributed by atoms with E-state index >= 15 is 0 Å². The van der Waals surface area contributed by atoms with Gasteiger partial charge in [0.2, 0.25) is 0 Å². The van der Waals surface area contributed by atoms with Crippen molar-refractivity contribution in [2.75, 3.05) is 0 Å². The Morgan fingerprint density at radius 1 is 1.47 bits per heavy atom. The molecule has 0 aliphatic carbocycles. The van der Waals surface area contributed by atoms with Crippen molar-refractivity contribution in [3.05, 3.63) is 0 Å². The first-order valence-corrected chi connectivity index (χ1v) is 5.65. The fourth-order valence-electron chi connectivity index (χ4n) is 1.18. The van der Waals surface area contributed by atoms with Gasteiger partial charge in [-0.05, 0) is 6.92 Å². The number of ether oxygens (including phenoxy) is 1. The van der Waals surface area contributed by atoms with Gasteiger partial charge in [-0.15, -0.1) is 0 Å². The van der Waals surface area contributed by atoms with Crippen molar-refractivity contribution in [1.82, 2.24) is 0 Å². The molecule has 1 rings (SSSR count). The summed E-state index contributed by atoms with van der Waals surface area (Å²) in [6, 6.07) is 0. The molecule has 1 saturated heterocycles. The molecule has 1 aliphatic rings. The summed E-state index contributed by atoms with van der Waals surface area (Å²) in [5, 5.41) is 27.9. The molecule has 0 bridgehead atoms. The van der Waals surface area contributed by atoms with Gasteiger partial charge in [-0.25, -0.2) is 4.57 Å². The van der Waals surface area contributed by atoms with E-state index < -0.39 is 32.1 Å². The summed E-state index contributed by atoms with van der Waals surface area (Å²) in [6.07, 6.45) is -4.77. The number of phosphoric acid groups is 1. The van der Waals surface area contributed by atoms with Crippen LogP contribution in [0.25, 0.3) is 0 Å². The molecule has 1 fully saturated rings. The zero-order chi connectivity index (χ0) is 11.9. The lowest BCUT2D eigenvalue weighted by atomic mass is 10.0. The van der Waals surface area contributed by atoms with Crippen LogP contribution in [0, 0.1) is 0 Å². The summed E-state index contributed by atoms with van der Waals surface area (Å²) in [5.41, 5.74) is 0. The van der Waals surface area contributed by atoms with Crippen molar-refractivity contribution in [1.29, 1.82) is 0 Å². The average molecular weight is 244 g/mol. The summed E-state index contributed by atoms with van der Waals surface area (Å²) in [6.45, 7) is 1.10. The van der Waals surface area contributed by atoms with Crippen LogP contribution >= 0.6 is 7.82 Å². The van der Waals surface area contributed by atoms with Gasteiger partial charge in [-0.2, -0.15) is 0 Å². The SMILES string of the molecule is CC1(O)OC(OP(=O)(O)O)[C@@H](O)C[C@@H]1O. The highest BCUT2D eigenvalue weighted by atomic mass is 31.2. The monoisotopic (exact) mass is 244 g/mol. The second-order valence-corrected chi connectivity index (χ2v) is 4.65. The molecule has 0 aromatic rings. The normalized spacial score (nSPS) is 42.9. The highest BCUT2D eigenvalue weighted by Crippen LogP contribution is 2.41. The van der Waals surface area contributed by atoms with Crippen LogP contribution in [0.1, 0.15) is 13.3 Å². The second-order valence-electron chi connectivity index (χ2n) is 3.46. The van der Waals surface area contributed by atoms with Crippen LogP contribution in [0.15, 0.2) is 0 Å². The quantitative estimate of drug-likeness (QED) is 0.361. The standard InChI is InChI=1S/C6H13O8P/c1-6(9)4(8)2-3(7)5(13-6)14-15(10,11)12/h3-5,7-9H,2H2,1H3,(H2,10,11,12)/t3-,4-,5?,6?/m0/s1. The molecule has 0 aromatic heterocycles. The van der Waals surface area contributed by atoms with Gasteiger partial charge in [0.15, 0.2) is 12.1 Å². The molecule has 0 aromatic carbocycles. The molecule has 0 radical (unpaired) electrons. The lowest BCUT2D eigenvalue weighted by molar-refractivity contribution is -0.348. The Morgan fingerprint density at radius 2 is 2.00 bits per heavy atom. The Bertz CT molecular complexity index is 272. The average Bonchev–Trinajstić information content (AvgIpc) is 1.97. The Balaban J connectivity index is 2.71. The molecule has 5 N–H and O–H groups in total. The molecule has 0 saturated carbocycles. The molecular weight excluding hydrogens is 231 g/mol. The van der Waals surface area contributed by atoms with E-state index in [1.807, 2.05) is 0 Å². The van der Waals surface area contributed by atoms with Crippen molar-refractivity contribution in [2.45, 2.75) is 37.6 Å². The third-order valence-corrected chi connectivity index (χ3v) is 2.48. The third kappa shape index (κ3) is 3.47. The number of aliphatic hydroxyl groups is 3. The molecule has 90 valence electrons. The topological polar surface area (TPSA) is 137 Å². The first kappa shape index (κ1) is 13.0. The number of hydrogen-bond acceptors (Lipinski definition) is 6. The second kappa shape index (κ2) is 4.08. The largest absolute Gasteiger partial charge is 0.472 e. The molecule has 15 heavy (non-hydrogen) atoms. The van der Waals surface area contributed by atoms with Gasteiger partial charge in [-0.1, -0.05) is 0 Å². The number of hydrogen-bond donors (Lipinski definition) is 5. The maximum Gasteiger partial charge on any atom is 0.472 e. The Labute approximate surface area is 85.3 Å². The van der Waals surface area contributed by atoms with Crippen molar-refractivity contribution in [2.24, 2.45) is 0 Å². The lowest BCUT2D eigenvalue weighted by Gasteiger charge is -2.40. The van der Waals surface area contributed by atoms with E-state index in [-0.39, 0.29) is 6.42 Å². The summed E-state index contributed by atoms with van der Waals surface area (Å²) in [7, 11) is -4.83. The van der Waals surface area contributed by atoms with Crippen LogP contribution in [-0.4, -0.2) is 49.4 Å². The van der Waals surface area contributed by atoms with Crippen molar-refractivity contribution < 1.29 is 38.9 Å². The van der Waals surface area contributed by atoms with Gasteiger partial charge in [-0.3, -0.25) is 4.52 Å². The van der Waals surface area contributed by atoms with Crippen molar-refractivity contribution in [3.8, 4) is 0 Å². The van der Waals surface area contributed by atoms with E-state index in [9.17, 15) is 19.9 Å². The number of aliphatic hydroxyl groups excluding tert-OH is 2. The molecular formula is C6H13O8P. The van der Waals surface area contributed by atoms with E-state index in [0.29, 0.717) is 0 Å². The number of rotatable bonds is 2. The van der Waals surface area contributed by atoms with Crippen LogP contribution in [-0.2, 0) is 13.8 Å². The highest BCUT2D eigenvalue weighted by molar-refractivity contribution is 7.46. The molecule has 1 aliphatic heterocycles. The lowest BCUT2D eigenvalue weighted by Crippen LogP contribution is -2.55. The fourth-order valence-corrected chi connectivity index (χ4v) is 1.63. The van der Waals surface area contributed by atoms with Crippen molar-refractivity contribution >= 4 is 7.82 Å². The molecule has 9 heteroatoms. The minimum absolute atomic E-state index is 0.308. The molecule has 1 heterocycles. The maximum atomic E-state index is 10.5. The Hall–Kier alpha value is -0.0500. The summed E-state index contributed by atoms with van der Waals surface area (Å²) < 4.78 is 19.2. The zero-order valence-electron chi connectivity index (χ0n) is 7.85. The third-order valence-electron chi connectivity index (χ3n) is 1.99. The predicted molar refractivity (Wildman–Crippen MR) is 45.3 cm³/mol. The van der Waals surface area contributed by atoms with Crippen molar-refractivity contribution in [3.63, 3.8) is 0 Å². The molecule has 0 amide bonds. The smallest absolute Gasteiger partial charge is 0.388 e. The van der Waals surface area contributed by atoms with Gasteiger partial charge in [0, 0.05) is 6.42 Å². The van der Waals surface area contributed by atoms with E-state index in [1.165, 1.54) is 0 Å². The summed E-state index contributed by atoms with van der Waals surface area (Å²) in [5.74, 6) is -2.01. The van der Waals surface area contributed by atoms with Gasteiger partial charge in [0.05, 0.1) is 0 Å². The van der Waals surface area contributed by atoms with Crippen LogP contribution < -0.4 is 0 Å². The van der Waals surface area contributed by atoms with Crippen LogP contribution in [0.3, 0.4) is 0 Å².